The summed E-state index contributed by atoms with van der Waals surface area (Å²) in [5.41, 5.74) is 0.232. The molecule has 8 nitrogen and oxygen atoms in total. The molecule has 24 heavy (non-hydrogen) atoms. The van der Waals surface area contributed by atoms with Crippen molar-refractivity contribution in [1.82, 2.24) is 4.31 Å². The number of hydrogen-bond acceptors (Lipinski definition) is 7. The van der Waals surface area contributed by atoms with Crippen LogP contribution in [0.3, 0.4) is 0 Å². The van der Waals surface area contributed by atoms with Gasteiger partial charge in [-0.05, 0) is 31.2 Å². The highest BCUT2D eigenvalue weighted by Gasteiger charge is 2.26. The summed E-state index contributed by atoms with van der Waals surface area (Å²) in [5.74, 6) is -0.636. The molecule has 1 saturated heterocycles. The number of allylic oxidation sites excluding steroid dienone is 2. The number of carbonyl (C=O) groups is 1. The molecule has 0 atom stereocenters. The summed E-state index contributed by atoms with van der Waals surface area (Å²) in [7, 11) is -3.56. The number of morpholine rings is 1. The summed E-state index contributed by atoms with van der Waals surface area (Å²) in [5, 5.41) is 16.9. The van der Waals surface area contributed by atoms with E-state index in [4.69, 9.17) is 4.74 Å². The van der Waals surface area contributed by atoms with Crippen LogP contribution in [0.15, 0.2) is 50.8 Å². The van der Waals surface area contributed by atoms with Gasteiger partial charge in [-0.1, -0.05) is 0 Å². The maximum Gasteiger partial charge on any atom is 0.243 e. The Balaban J connectivity index is 2.19. The fraction of sp³-hybridized carbons (Fsp3) is 0.400. The number of sulfonamides is 1. The molecule has 1 aromatic carbocycles. The Bertz CT molecular complexity index is 759. The number of hydrogen-bond donors (Lipinski definition) is 1. The number of rotatable bonds is 5. The van der Waals surface area contributed by atoms with Crippen molar-refractivity contribution in [2.45, 2.75) is 18.7 Å². The molecule has 0 unspecified atom stereocenters. The monoisotopic (exact) mass is 353 g/mol. The molecule has 1 fully saturated rings. The molecule has 0 bridgehead atoms. The Morgan fingerprint density at radius 3 is 2.25 bits per heavy atom. The average molecular weight is 353 g/mol. The molecule has 0 radical (unpaired) electrons. The van der Waals surface area contributed by atoms with Gasteiger partial charge in [0, 0.05) is 20.0 Å². The Morgan fingerprint density at radius 1 is 1.17 bits per heavy atom. The van der Waals surface area contributed by atoms with Gasteiger partial charge < -0.3 is 9.84 Å². The number of Topliss-reactive ketones (excluding diaryl/α,β-unsaturated/α-hetero) is 1. The first-order chi connectivity index (χ1) is 11.3. The first-order valence-electron chi connectivity index (χ1n) is 7.33. The molecule has 0 aliphatic carbocycles. The van der Waals surface area contributed by atoms with E-state index in [0.29, 0.717) is 32.0 Å². The minimum atomic E-state index is -3.56. The summed E-state index contributed by atoms with van der Waals surface area (Å²) in [4.78, 5) is 11.5. The summed E-state index contributed by atoms with van der Waals surface area (Å²) in [6, 6.07) is 5.84. The molecule has 1 heterocycles. The second-order valence-electron chi connectivity index (χ2n) is 5.20. The maximum atomic E-state index is 12.5. The zero-order valence-electron chi connectivity index (χ0n) is 13.5. The quantitative estimate of drug-likeness (QED) is 0.496. The van der Waals surface area contributed by atoms with E-state index in [2.05, 4.69) is 10.2 Å². The van der Waals surface area contributed by atoms with Gasteiger partial charge in [0.2, 0.25) is 10.0 Å². The van der Waals surface area contributed by atoms with Gasteiger partial charge >= 0.3 is 0 Å². The Morgan fingerprint density at radius 2 is 1.75 bits per heavy atom. The highest BCUT2D eigenvalue weighted by molar-refractivity contribution is 7.89. The number of ketones is 1. The van der Waals surface area contributed by atoms with Crippen LogP contribution in [0.4, 0.5) is 5.69 Å². The molecule has 1 N–H and O–H groups in total. The Hall–Kier alpha value is -2.10. The van der Waals surface area contributed by atoms with Crippen molar-refractivity contribution in [3.63, 3.8) is 0 Å². The van der Waals surface area contributed by atoms with E-state index in [1.807, 2.05) is 0 Å². The largest absolute Gasteiger partial charge is 0.510 e. The third-order valence-electron chi connectivity index (χ3n) is 3.39. The summed E-state index contributed by atoms with van der Waals surface area (Å²) in [6.45, 7) is 4.02. The predicted molar refractivity (Wildman–Crippen MR) is 86.5 cm³/mol. The fourth-order valence-electron chi connectivity index (χ4n) is 2.13. The zero-order chi connectivity index (χ0) is 17.7. The Kier molecular flexibility index (Phi) is 5.81. The maximum absolute atomic E-state index is 12.5. The van der Waals surface area contributed by atoms with Crippen molar-refractivity contribution in [2.24, 2.45) is 10.2 Å². The van der Waals surface area contributed by atoms with Gasteiger partial charge in [0.25, 0.3) is 0 Å². The lowest BCUT2D eigenvalue weighted by molar-refractivity contribution is -0.113. The molecule has 9 heteroatoms. The minimum Gasteiger partial charge on any atom is -0.510 e. The number of carbonyl (C=O) groups excluding carboxylic acids is 1. The molecular formula is C15H19N3O5S. The second kappa shape index (κ2) is 7.65. The second-order valence-corrected chi connectivity index (χ2v) is 7.14. The van der Waals surface area contributed by atoms with Gasteiger partial charge in [-0.25, -0.2) is 8.42 Å². The molecule has 0 spiro atoms. The predicted octanol–water partition coefficient (Wildman–Crippen LogP) is 2.17. The first kappa shape index (κ1) is 18.2. The highest BCUT2D eigenvalue weighted by atomic mass is 32.2. The van der Waals surface area contributed by atoms with Gasteiger partial charge in [0.15, 0.2) is 11.5 Å². The van der Waals surface area contributed by atoms with Gasteiger partial charge in [0.05, 0.1) is 23.8 Å². The van der Waals surface area contributed by atoms with Crippen molar-refractivity contribution >= 4 is 21.5 Å². The molecule has 0 aromatic heterocycles. The zero-order valence-corrected chi connectivity index (χ0v) is 14.3. The van der Waals surface area contributed by atoms with Crippen LogP contribution < -0.4 is 0 Å². The lowest BCUT2D eigenvalue weighted by Crippen LogP contribution is -2.40. The Labute approximate surface area is 140 Å². The number of aliphatic hydroxyl groups is 1. The minimum absolute atomic E-state index is 0.139. The van der Waals surface area contributed by atoms with Crippen LogP contribution in [-0.2, 0) is 19.6 Å². The number of benzene rings is 1. The van der Waals surface area contributed by atoms with Gasteiger partial charge in [-0.15, -0.1) is 5.11 Å². The van der Waals surface area contributed by atoms with Crippen molar-refractivity contribution in [3.05, 3.63) is 35.7 Å². The van der Waals surface area contributed by atoms with E-state index in [1.54, 1.807) is 0 Å². The average Bonchev–Trinajstić information content (AvgIpc) is 2.55. The molecular weight excluding hydrogens is 334 g/mol. The SMILES string of the molecule is CC(=O)C(N=Nc1ccc(S(=O)(=O)N2CCOCC2)cc1)=C(C)O. The van der Waals surface area contributed by atoms with Crippen molar-refractivity contribution in [2.75, 3.05) is 26.3 Å². The normalized spacial score (nSPS) is 17.8. The third-order valence-corrected chi connectivity index (χ3v) is 5.30. The molecule has 1 aromatic rings. The summed E-state index contributed by atoms with van der Waals surface area (Å²) < 4.78 is 31.5. The van der Waals surface area contributed by atoms with Gasteiger partial charge in [-0.3, -0.25) is 4.79 Å². The van der Waals surface area contributed by atoms with Gasteiger partial charge in [-0.2, -0.15) is 9.42 Å². The molecule has 2 rings (SSSR count). The number of aliphatic hydroxyl groups excluding tert-OH is 1. The lowest BCUT2D eigenvalue weighted by Gasteiger charge is -2.25. The van der Waals surface area contributed by atoms with Crippen molar-refractivity contribution in [3.8, 4) is 0 Å². The van der Waals surface area contributed by atoms with Crippen molar-refractivity contribution < 1.29 is 23.1 Å². The van der Waals surface area contributed by atoms with E-state index >= 15 is 0 Å². The highest BCUT2D eigenvalue weighted by Crippen LogP contribution is 2.21. The lowest BCUT2D eigenvalue weighted by atomic mass is 10.3. The van der Waals surface area contributed by atoms with Crippen LogP contribution in [0, 0.1) is 0 Å². The fourth-order valence-corrected chi connectivity index (χ4v) is 3.53. The number of nitrogens with zero attached hydrogens (tertiary/aromatic N) is 3. The standard InChI is InChI=1S/C15H19N3O5S/c1-11(19)15(12(2)20)17-16-13-3-5-14(6-4-13)24(21,22)18-7-9-23-10-8-18/h3-6,19H,7-10H2,1-2H3. The smallest absolute Gasteiger partial charge is 0.243 e. The van der Waals surface area contributed by atoms with E-state index in [-0.39, 0.29) is 16.4 Å². The molecule has 1 aliphatic heterocycles. The van der Waals surface area contributed by atoms with Crippen LogP contribution in [-0.4, -0.2) is 49.9 Å². The molecule has 130 valence electrons. The first-order valence-corrected chi connectivity index (χ1v) is 8.77. The number of ether oxygens (including phenoxy) is 1. The molecule has 0 saturated carbocycles. The van der Waals surface area contributed by atoms with Crippen LogP contribution in [0.1, 0.15) is 13.8 Å². The van der Waals surface area contributed by atoms with E-state index in [9.17, 15) is 18.3 Å². The van der Waals surface area contributed by atoms with Gasteiger partial charge in [0.1, 0.15) is 5.76 Å². The van der Waals surface area contributed by atoms with E-state index in [0.717, 1.165) is 0 Å². The molecule has 0 amide bonds. The topological polar surface area (TPSA) is 109 Å². The number of azo groups is 1. The van der Waals surface area contributed by atoms with Crippen LogP contribution in [0.25, 0.3) is 0 Å². The van der Waals surface area contributed by atoms with Crippen LogP contribution in [0.2, 0.25) is 0 Å². The van der Waals surface area contributed by atoms with Crippen molar-refractivity contribution in [1.29, 1.82) is 0 Å². The molecule has 1 aliphatic rings. The summed E-state index contributed by atoms with van der Waals surface area (Å²) >= 11 is 0. The van der Waals surface area contributed by atoms with E-state index < -0.39 is 15.8 Å². The van der Waals surface area contributed by atoms with Crippen LogP contribution >= 0.6 is 0 Å². The third kappa shape index (κ3) is 4.25. The summed E-state index contributed by atoms with van der Waals surface area (Å²) in [6.07, 6.45) is 0. The van der Waals surface area contributed by atoms with Crippen LogP contribution in [0.5, 0.6) is 0 Å². The van der Waals surface area contributed by atoms with E-state index in [1.165, 1.54) is 42.4 Å².